The molecule has 0 atom stereocenters. The molecule has 2 aromatic carbocycles. The van der Waals surface area contributed by atoms with Crippen LogP contribution in [0.1, 0.15) is 24.5 Å². The second kappa shape index (κ2) is 6.96. The van der Waals surface area contributed by atoms with Crippen molar-refractivity contribution in [1.82, 2.24) is 19.2 Å². The Hall–Kier alpha value is -2.60. The third kappa shape index (κ3) is 2.90. The summed E-state index contributed by atoms with van der Waals surface area (Å²) in [6, 6.07) is 16.1. The quantitative estimate of drug-likeness (QED) is 0.501. The van der Waals surface area contributed by atoms with Crippen molar-refractivity contribution in [2.24, 2.45) is 0 Å². The van der Waals surface area contributed by atoms with Gasteiger partial charge in [-0.3, -0.25) is 13.8 Å². The van der Waals surface area contributed by atoms with Gasteiger partial charge in [0, 0.05) is 12.3 Å². The van der Waals surface area contributed by atoms with E-state index in [4.69, 9.17) is 0 Å². The van der Waals surface area contributed by atoms with Crippen LogP contribution in [0.4, 0.5) is 0 Å². The number of nitrogens with zero attached hydrogens (tertiary/aromatic N) is 4. The van der Waals surface area contributed by atoms with Gasteiger partial charge in [-0.1, -0.05) is 60.6 Å². The molecule has 0 bridgehead atoms. The topological polar surface area (TPSA) is 52.2 Å². The van der Waals surface area contributed by atoms with Gasteiger partial charge in [0.15, 0.2) is 5.16 Å². The number of hydrogen-bond donors (Lipinski definition) is 0. The first-order chi connectivity index (χ1) is 12.7. The molecule has 0 aliphatic heterocycles. The Morgan fingerprint density at radius 2 is 1.92 bits per heavy atom. The standard InChI is InChI=1S/C20H20N4OS/c1-3-11-23-18(25)16-9-4-5-10-17(16)24-19(23)21-22-20(24)26-13-15-8-6-7-14(2)12-15/h4-10,12H,3,11,13H2,1-2H3. The molecule has 0 unspecified atom stereocenters. The van der Waals surface area contributed by atoms with Crippen molar-refractivity contribution in [1.29, 1.82) is 0 Å². The van der Waals surface area contributed by atoms with E-state index < -0.39 is 0 Å². The van der Waals surface area contributed by atoms with E-state index in [9.17, 15) is 4.79 Å². The van der Waals surface area contributed by atoms with Gasteiger partial charge in [-0.25, -0.2) is 0 Å². The van der Waals surface area contributed by atoms with E-state index in [0.717, 1.165) is 22.8 Å². The SMILES string of the molecule is CCCn1c(=O)c2ccccc2n2c(SCc3cccc(C)c3)nnc12. The Balaban J connectivity index is 1.85. The van der Waals surface area contributed by atoms with Gasteiger partial charge in [-0.2, -0.15) is 0 Å². The number of rotatable bonds is 5. The molecule has 0 spiro atoms. The summed E-state index contributed by atoms with van der Waals surface area (Å²) in [5, 5.41) is 10.2. The van der Waals surface area contributed by atoms with E-state index in [1.165, 1.54) is 11.1 Å². The van der Waals surface area contributed by atoms with Crippen LogP contribution in [0.25, 0.3) is 16.7 Å². The van der Waals surface area contributed by atoms with Crippen molar-refractivity contribution in [3.05, 3.63) is 70.0 Å². The fourth-order valence-corrected chi connectivity index (χ4v) is 4.09. The van der Waals surface area contributed by atoms with E-state index in [1.54, 1.807) is 16.3 Å². The molecular formula is C20H20N4OS. The van der Waals surface area contributed by atoms with Crippen LogP contribution in [0.2, 0.25) is 0 Å². The Morgan fingerprint density at radius 1 is 1.08 bits per heavy atom. The summed E-state index contributed by atoms with van der Waals surface area (Å²) in [7, 11) is 0. The normalized spacial score (nSPS) is 11.5. The lowest BCUT2D eigenvalue weighted by molar-refractivity contribution is 0.662. The maximum Gasteiger partial charge on any atom is 0.262 e. The average Bonchev–Trinajstić information content (AvgIpc) is 3.07. The zero-order valence-electron chi connectivity index (χ0n) is 14.8. The van der Waals surface area contributed by atoms with Gasteiger partial charge < -0.3 is 0 Å². The number of thioether (sulfide) groups is 1. The molecule has 5 nitrogen and oxygen atoms in total. The predicted molar refractivity (Wildman–Crippen MR) is 106 cm³/mol. The molecule has 6 heteroatoms. The molecule has 4 aromatic rings. The highest BCUT2D eigenvalue weighted by Crippen LogP contribution is 2.25. The van der Waals surface area contributed by atoms with Gasteiger partial charge in [0.2, 0.25) is 5.78 Å². The van der Waals surface area contributed by atoms with E-state index >= 15 is 0 Å². The zero-order valence-corrected chi connectivity index (χ0v) is 15.7. The van der Waals surface area contributed by atoms with Crippen molar-refractivity contribution >= 4 is 28.4 Å². The monoisotopic (exact) mass is 364 g/mol. The van der Waals surface area contributed by atoms with Crippen LogP contribution >= 0.6 is 11.8 Å². The first kappa shape index (κ1) is 16.8. The summed E-state index contributed by atoms with van der Waals surface area (Å²) in [6.07, 6.45) is 0.868. The summed E-state index contributed by atoms with van der Waals surface area (Å²) in [5.74, 6) is 1.42. The number of para-hydroxylation sites is 1. The van der Waals surface area contributed by atoms with Gasteiger partial charge in [-0.15, -0.1) is 10.2 Å². The minimum atomic E-state index is -0.00224. The van der Waals surface area contributed by atoms with Crippen LogP contribution in [-0.4, -0.2) is 19.2 Å². The number of hydrogen-bond acceptors (Lipinski definition) is 4. The number of aryl methyl sites for hydroxylation is 2. The molecule has 4 rings (SSSR count). The highest BCUT2D eigenvalue weighted by molar-refractivity contribution is 7.98. The van der Waals surface area contributed by atoms with Crippen LogP contribution in [0.15, 0.2) is 58.5 Å². The van der Waals surface area contributed by atoms with Crippen molar-refractivity contribution < 1.29 is 0 Å². The average molecular weight is 364 g/mol. The maximum atomic E-state index is 12.8. The Kier molecular flexibility index (Phi) is 4.51. The smallest absolute Gasteiger partial charge is 0.262 e. The fraction of sp³-hybridized carbons (Fsp3) is 0.250. The fourth-order valence-electron chi connectivity index (χ4n) is 3.20. The van der Waals surface area contributed by atoms with Crippen molar-refractivity contribution in [2.45, 2.75) is 37.7 Å². The van der Waals surface area contributed by atoms with E-state index in [-0.39, 0.29) is 5.56 Å². The van der Waals surface area contributed by atoms with Crippen LogP contribution in [-0.2, 0) is 12.3 Å². The minimum Gasteiger partial charge on any atom is -0.276 e. The largest absolute Gasteiger partial charge is 0.276 e. The van der Waals surface area contributed by atoms with Gasteiger partial charge in [-0.05, 0) is 31.0 Å². The Labute approximate surface area is 155 Å². The third-order valence-corrected chi connectivity index (χ3v) is 5.38. The molecule has 2 heterocycles. The molecule has 26 heavy (non-hydrogen) atoms. The predicted octanol–water partition coefficient (Wildman–Crippen LogP) is 4.05. The Morgan fingerprint density at radius 3 is 2.73 bits per heavy atom. The molecule has 0 N–H and O–H groups in total. The molecule has 0 aliphatic rings. The molecule has 2 aromatic heterocycles. The van der Waals surface area contributed by atoms with Crippen molar-refractivity contribution in [2.75, 3.05) is 0 Å². The van der Waals surface area contributed by atoms with Crippen LogP contribution < -0.4 is 5.56 Å². The molecule has 0 saturated heterocycles. The molecule has 0 radical (unpaired) electrons. The van der Waals surface area contributed by atoms with Crippen LogP contribution in [0.3, 0.4) is 0 Å². The van der Waals surface area contributed by atoms with Crippen molar-refractivity contribution in [3.8, 4) is 0 Å². The lowest BCUT2D eigenvalue weighted by atomic mass is 10.2. The molecule has 0 saturated carbocycles. The summed E-state index contributed by atoms with van der Waals surface area (Å²) in [5.41, 5.74) is 3.35. The zero-order chi connectivity index (χ0) is 18.1. The van der Waals surface area contributed by atoms with E-state index in [1.807, 2.05) is 28.7 Å². The molecule has 132 valence electrons. The molecule has 0 amide bonds. The van der Waals surface area contributed by atoms with Crippen LogP contribution in [0.5, 0.6) is 0 Å². The lowest BCUT2D eigenvalue weighted by Crippen LogP contribution is -2.23. The lowest BCUT2D eigenvalue weighted by Gasteiger charge is -2.10. The summed E-state index contributed by atoms with van der Waals surface area (Å²) in [4.78, 5) is 12.8. The minimum absolute atomic E-state index is 0.00224. The molecule has 0 aliphatic carbocycles. The number of fused-ring (bicyclic) bond motifs is 3. The third-order valence-electron chi connectivity index (χ3n) is 4.38. The number of aromatic nitrogens is 4. The second-order valence-electron chi connectivity index (χ2n) is 6.37. The van der Waals surface area contributed by atoms with Gasteiger partial charge in [0.05, 0.1) is 10.9 Å². The highest BCUT2D eigenvalue weighted by Gasteiger charge is 2.16. The van der Waals surface area contributed by atoms with Crippen LogP contribution in [0, 0.1) is 6.92 Å². The summed E-state index contributed by atoms with van der Waals surface area (Å²) >= 11 is 1.64. The number of benzene rings is 2. The van der Waals surface area contributed by atoms with Crippen molar-refractivity contribution in [3.63, 3.8) is 0 Å². The van der Waals surface area contributed by atoms with Gasteiger partial charge in [0.1, 0.15) is 0 Å². The second-order valence-corrected chi connectivity index (χ2v) is 7.31. The first-order valence-electron chi connectivity index (χ1n) is 8.74. The van der Waals surface area contributed by atoms with E-state index in [0.29, 0.717) is 17.7 Å². The summed E-state index contributed by atoms with van der Waals surface area (Å²) in [6.45, 7) is 4.79. The summed E-state index contributed by atoms with van der Waals surface area (Å²) < 4.78 is 3.74. The van der Waals surface area contributed by atoms with Gasteiger partial charge in [0.25, 0.3) is 5.56 Å². The molecule has 0 fully saturated rings. The molecular weight excluding hydrogens is 344 g/mol. The maximum absolute atomic E-state index is 12.8. The van der Waals surface area contributed by atoms with Gasteiger partial charge >= 0.3 is 0 Å². The van der Waals surface area contributed by atoms with E-state index in [2.05, 4.69) is 48.3 Å². The Bertz CT molecular complexity index is 1150. The first-order valence-corrected chi connectivity index (χ1v) is 9.72. The highest BCUT2D eigenvalue weighted by atomic mass is 32.2.